The standard InChI is InChI=1S/C13H19N3O3S/c1-10-4-5-11(8-12(10)14)20(18,19)16-7-3-6-15(2)13(17)9-16/h4-5,8H,3,6-7,9,14H2,1-2H3. The van der Waals surface area contributed by atoms with Gasteiger partial charge in [-0.15, -0.1) is 0 Å². The fourth-order valence-electron chi connectivity index (χ4n) is 2.09. The van der Waals surface area contributed by atoms with Crippen LogP contribution in [0.5, 0.6) is 0 Å². The van der Waals surface area contributed by atoms with Crippen LogP contribution in [0.25, 0.3) is 0 Å². The fraction of sp³-hybridized carbons (Fsp3) is 0.462. The molecule has 0 bridgehead atoms. The molecule has 20 heavy (non-hydrogen) atoms. The molecule has 0 spiro atoms. The summed E-state index contributed by atoms with van der Waals surface area (Å²) < 4.78 is 26.3. The highest BCUT2D eigenvalue weighted by atomic mass is 32.2. The van der Waals surface area contributed by atoms with Gasteiger partial charge in [0, 0.05) is 25.8 Å². The maximum absolute atomic E-state index is 12.6. The molecule has 1 saturated heterocycles. The summed E-state index contributed by atoms with van der Waals surface area (Å²) >= 11 is 0. The van der Waals surface area contributed by atoms with Crippen LogP contribution in [-0.2, 0) is 14.8 Å². The summed E-state index contributed by atoms with van der Waals surface area (Å²) in [4.78, 5) is 13.5. The van der Waals surface area contributed by atoms with Crippen LogP contribution in [0, 0.1) is 6.92 Å². The van der Waals surface area contributed by atoms with Crippen LogP contribution in [0.15, 0.2) is 23.1 Å². The van der Waals surface area contributed by atoms with Gasteiger partial charge < -0.3 is 10.6 Å². The monoisotopic (exact) mass is 297 g/mol. The fourth-order valence-corrected chi connectivity index (χ4v) is 3.56. The van der Waals surface area contributed by atoms with E-state index < -0.39 is 10.0 Å². The average Bonchev–Trinajstić information content (AvgIpc) is 2.56. The van der Waals surface area contributed by atoms with E-state index in [0.29, 0.717) is 25.2 Å². The van der Waals surface area contributed by atoms with E-state index in [1.54, 1.807) is 18.0 Å². The molecule has 110 valence electrons. The Bertz CT molecular complexity index is 628. The van der Waals surface area contributed by atoms with Gasteiger partial charge in [0.25, 0.3) is 0 Å². The van der Waals surface area contributed by atoms with Crippen LogP contribution in [-0.4, -0.2) is 50.2 Å². The van der Waals surface area contributed by atoms with Crippen LogP contribution in [0.4, 0.5) is 5.69 Å². The van der Waals surface area contributed by atoms with Gasteiger partial charge in [-0.25, -0.2) is 8.42 Å². The molecule has 0 aliphatic carbocycles. The summed E-state index contributed by atoms with van der Waals surface area (Å²) in [7, 11) is -1.99. The van der Waals surface area contributed by atoms with Gasteiger partial charge in [0.05, 0.1) is 11.4 Å². The number of likely N-dealkylation sites (N-methyl/N-ethyl adjacent to an activating group) is 1. The Balaban J connectivity index is 2.34. The first-order chi connectivity index (χ1) is 9.32. The third kappa shape index (κ3) is 2.78. The molecular formula is C13H19N3O3S. The van der Waals surface area contributed by atoms with E-state index in [2.05, 4.69) is 0 Å². The predicted octanol–water partition coefficient (Wildman–Crippen LogP) is 0.430. The highest BCUT2D eigenvalue weighted by Crippen LogP contribution is 2.22. The molecule has 1 amide bonds. The van der Waals surface area contributed by atoms with Gasteiger partial charge in [0.15, 0.2) is 0 Å². The van der Waals surface area contributed by atoms with Crippen LogP contribution >= 0.6 is 0 Å². The normalized spacial score (nSPS) is 18.1. The molecule has 2 N–H and O–H groups in total. The molecule has 1 fully saturated rings. The number of amides is 1. The summed E-state index contributed by atoms with van der Waals surface area (Å²) in [6.45, 7) is 2.61. The van der Waals surface area contributed by atoms with Crippen molar-refractivity contribution in [1.29, 1.82) is 0 Å². The SMILES string of the molecule is Cc1ccc(S(=O)(=O)N2CCCN(C)C(=O)C2)cc1N. The Morgan fingerprint density at radius 1 is 1.25 bits per heavy atom. The number of benzene rings is 1. The van der Waals surface area contributed by atoms with Gasteiger partial charge >= 0.3 is 0 Å². The Hall–Kier alpha value is -1.60. The molecule has 0 saturated carbocycles. The van der Waals surface area contributed by atoms with Crippen LogP contribution in [0.1, 0.15) is 12.0 Å². The number of carbonyl (C=O) groups is 1. The van der Waals surface area contributed by atoms with Crippen molar-refractivity contribution in [3.05, 3.63) is 23.8 Å². The van der Waals surface area contributed by atoms with E-state index in [1.807, 2.05) is 6.92 Å². The minimum atomic E-state index is -3.68. The second kappa shape index (κ2) is 5.41. The highest BCUT2D eigenvalue weighted by Gasteiger charge is 2.29. The van der Waals surface area contributed by atoms with E-state index in [0.717, 1.165) is 5.56 Å². The summed E-state index contributed by atoms with van der Waals surface area (Å²) in [5, 5.41) is 0. The molecule has 0 aromatic heterocycles. The minimum absolute atomic E-state index is 0.118. The average molecular weight is 297 g/mol. The lowest BCUT2D eigenvalue weighted by molar-refractivity contribution is -0.129. The third-order valence-electron chi connectivity index (χ3n) is 3.53. The molecular weight excluding hydrogens is 278 g/mol. The molecule has 1 aromatic rings. The molecule has 6 nitrogen and oxygen atoms in total. The largest absolute Gasteiger partial charge is 0.398 e. The van der Waals surface area contributed by atoms with Gasteiger partial charge in [0.2, 0.25) is 15.9 Å². The van der Waals surface area contributed by atoms with Gasteiger partial charge in [-0.05, 0) is 31.0 Å². The number of aryl methyl sites for hydroxylation is 1. The Morgan fingerprint density at radius 2 is 1.95 bits per heavy atom. The lowest BCUT2D eigenvalue weighted by Crippen LogP contribution is -2.38. The summed E-state index contributed by atoms with van der Waals surface area (Å²) in [6, 6.07) is 4.65. The zero-order valence-corrected chi connectivity index (χ0v) is 12.5. The maximum atomic E-state index is 12.6. The maximum Gasteiger partial charge on any atom is 0.243 e. The number of hydrogen-bond acceptors (Lipinski definition) is 4. The van der Waals surface area contributed by atoms with Gasteiger partial charge in [0.1, 0.15) is 0 Å². The number of sulfonamides is 1. The van der Waals surface area contributed by atoms with Crippen molar-refractivity contribution in [2.24, 2.45) is 0 Å². The summed E-state index contributed by atoms with van der Waals surface area (Å²) in [5.41, 5.74) is 7.03. The van der Waals surface area contributed by atoms with Crippen LogP contribution in [0.2, 0.25) is 0 Å². The molecule has 1 aliphatic rings. The first-order valence-corrected chi connectivity index (χ1v) is 7.86. The Kier molecular flexibility index (Phi) is 4.01. The van der Waals surface area contributed by atoms with Crippen molar-refractivity contribution in [1.82, 2.24) is 9.21 Å². The number of rotatable bonds is 2. The van der Waals surface area contributed by atoms with Crippen molar-refractivity contribution in [3.63, 3.8) is 0 Å². The topological polar surface area (TPSA) is 83.7 Å². The quantitative estimate of drug-likeness (QED) is 0.802. The molecule has 0 radical (unpaired) electrons. The van der Waals surface area contributed by atoms with Gasteiger partial charge in [-0.2, -0.15) is 4.31 Å². The van der Waals surface area contributed by atoms with E-state index in [9.17, 15) is 13.2 Å². The van der Waals surface area contributed by atoms with Gasteiger partial charge in [-0.1, -0.05) is 6.07 Å². The minimum Gasteiger partial charge on any atom is -0.398 e. The number of nitrogens with two attached hydrogens (primary N) is 1. The van der Waals surface area contributed by atoms with Crippen molar-refractivity contribution >= 4 is 21.6 Å². The molecule has 1 heterocycles. The molecule has 0 atom stereocenters. The molecule has 2 rings (SSSR count). The lowest BCUT2D eigenvalue weighted by atomic mass is 10.2. The molecule has 1 aromatic carbocycles. The smallest absolute Gasteiger partial charge is 0.243 e. The summed E-state index contributed by atoms with van der Waals surface area (Å²) in [5.74, 6) is -0.189. The van der Waals surface area contributed by atoms with E-state index in [1.165, 1.54) is 16.4 Å². The number of anilines is 1. The van der Waals surface area contributed by atoms with Crippen LogP contribution in [0.3, 0.4) is 0 Å². The number of carbonyl (C=O) groups excluding carboxylic acids is 1. The van der Waals surface area contributed by atoms with E-state index in [4.69, 9.17) is 5.73 Å². The Labute approximate surface area is 119 Å². The Morgan fingerprint density at radius 3 is 2.60 bits per heavy atom. The van der Waals surface area contributed by atoms with E-state index >= 15 is 0 Å². The van der Waals surface area contributed by atoms with Crippen molar-refractivity contribution in [2.45, 2.75) is 18.2 Å². The molecule has 1 aliphatic heterocycles. The van der Waals surface area contributed by atoms with E-state index in [-0.39, 0.29) is 17.3 Å². The first kappa shape index (κ1) is 14.8. The van der Waals surface area contributed by atoms with Crippen LogP contribution < -0.4 is 5.73 Å². The molecule has 7 heteroatoms. The second-order valence-electron chi connectivity index (χ2n) is 5.03. The lowest BCUT2D eigenvalue weighted by Gasteiger charge is -2.20. The zero-order chi connectivity index (χ0) is 14.9. The zero-order valence-electron chi connectivity index (χ0n) is 11.7. The highest BCUT2D eigenvalue weighted by molar-refractivity contribution is 7.89. The third-order valence-corrected chi connectivity index (χ3v) is 5.37. The number of nitrogen functional groups attached to an aromatic ring is 1. The second-order valence-corrected chi connectivity index (χ2v) is 6.96. The van der Waals surface area contributed by atoms with Crippen molar-refractivity contribution in [3.8, 4) is 0 Å². The molecule has 0 unspecified atom stereocenters. The van der Waals surface area contributed by atoms with Gasteiger partial charge in [-0.3, -0.25) is 4.79 Å². The predicted molar refractivity (Wildman–Crippen MR) is 76.6 cm³/mol. The number of hydrogen-bond donors (Lipinski definition) is 1. The summed E-state index contributed by atoms with van der Waals surface area (Å²) in [6.07, 6.45) is 0.628. The number of nitrogens with zero attached hydrogens (tertiary/aromatic N) is 2. The van der Waals surface area contributed by atoms with Crippen molar-refractivity contribution < 1.29 is 13.2 Å². The first-order valence-electron chi connectivity index (χ1n) is 6.42. The van der Waals surface area contributed by atoms with Crippen molar-refractivity contribution in [2.75, 3.05) is 32.4 Å².